The second-order valence-corrected chi connectivity index (χ2v) is 10.1. The van der Waals surface area contributed by atoms with Gasteiger partial charge in [-0.05, 0) is 35.7 Å². The first-order valence-corrected chi connectivity index (χ1v) is 11.8. The molecular formula is C22H24FN3O4S. The highest BCUT2D eigenvalue weighted by atomic mass is 32.2. The van der Waals surface area contributed by atoms with Crippen LogP contribution in [0.4, 0.5) is 9.18 Å². The van der Waals surface area contributed by atoms with Crippen LogP contribution in [0.15, 0.2) is 53.4 Å². The van der Waals surface area contributed by atoms with E-state index in [0.717, 1.165) is 5.56 Å². The molecular weight excluding hydrogens is 421 g/mol. The number of fused-ring (bicyclic) bond motifs is 2. The summed E-state index contributed by atoms with van der Waals surface area (Å²) < 4.78 is 47.3. The number of nitrogens with zero attached hydrogens (tertiary/aromatic N) is 3. The lowest BCUT2D eigenvalue weighted by molar-refractivity contribution is 0.0439. The van der Waals surface area contributed by atoms with E-state index in [1.807, 2.05) is 12.1 Å². The van der Waals surface area contributed by atoms with Gasteiger partial charge >= 0.3 is 6.03 Å². The van der Waals surface area contributed by atoms with Crippen molar-refractivity contribution in [3.63, 3.8) is 0 Å². The highest BCUT2D eigenvalue weighted by Crippen LogP contribution is 2.50. The first-order valence-electron chi connectivity index (χ1n) is 10.4. The standard InChI is InChI=1S/C22H24FN3O4S/c23-18-7-5-17(6-8-18)15-26-22(19-3-1-2-4-20(19)31(26,28)29)9-10-25(16-22)21(27)24-11-13-30-14-12-24/h1-8H,9-16H2/t22-/m1/s1. The van der Waals surface area contributed by atoms with Gasteiger partial charge in [0.1, 0.15) is 5.82 Å². The van der Waals surface area contributed by atoms with Gasteiger partial charge in [0, 0.05) is 32.7 Å². The van der Waals surface area contributed by atoms with Gasteiger partial charge in [-0.25, -0.2) is 17.6 Å². The van der Waals surface area contributed by atoms with Crippen LogP contribution in [0.1, 0.15) is 17.5 Å². The monoisotopic (exact) mass is 445 g/mol. The van der Waals surface area contributed by atoms with Crippen LogP contribution in [0.5, 0.6) is 0 Å². The summed E-state index contributed by atoms with van der Waals surface area (Å²) in [5.41, 5.74) is 0.607. The molecule has 164 valence electrons. The molecule has 31 heavy (non-hydrogen) atoms. The lowest BCUT2D eigenvalue weighted by Gasteiger charge is -2.35. The summed E-state index contributed by atoms with van der Waals surface area (Å²) in [7, 11) is -3.75. The molecule has 3 aliphatic rings. The third-order valence-corrected chi connectivity index (χ3v) is 8.44. The molecule has 3 heterocycles. The van der Waals surface area contributed by atoms with Crippen LogP contribution in [-0.2, 0) is 26.8 Å². The first kappa shape index (κ1) is 20.4. The van der Waals surface area contributed by atoms with E-state index in [0.29, 0.717) is 51.4 Å². The Morgan fingerprint density at radius 3 is 2.45 bits per heavy atom. The summed E-state index contributed by atoms with van der Waals surface area (Å²) >= 11 is 0. The summed E-state index contributed by atoms with van der Waals surface area (Å²) in [6.07, 6.45) is 0.514. The van der Waals surface area contributed by atoms with Crippen molar-refractivity contribution in [1.82, 2.24) is 14.1 Å². The van der Waals surface area contributed by atoms with Gasteiger partial charge in [0.05, 0.1) is 23.6 Å². The minimum absolute atomic E-state index is 0.0799. The Kier molecular flexibility index (Phi) is 4.99. The maximum Gasteiger partial charge on any atom is 0.320 e. The number of benzene rings is 2. The molecule has 2 aromatic rings. The summed E-state index contributed by atoms with van der Waals surface area (Å²) in [5.74, 6) is -0.367. The second kappa shape index (κ2) is 7.58. The number of hydrogen-bond donors (Lipinski definition) is 0. The molecule has 2 fully saturated rings. The largest absolute Gasteiger partial charge is 0.378 e. The van der Waals surface area contributed by atoms with Gasteiger partial charge in [-0.15, -0.1) is 0 Å². The molecule has 0 bridgehead atoms. The number of halogens is 1. The Morgan fingerprint density at radius 1 is 1.00 bits per heavy atom. The minimum Gasteiger partial charge on any atom is -0.378 e. The van der Waals surface area contributed by atoms with Crippen LogP contribution >= 0.6 is 0 Å². The zero-order valence-corrected chi connectivity index (χ0v) is 17.9. The van der Waals surface area contributed by atoms with E-state index in [9.17, 15) is 17.6 Å². The molecule has 2 aromatic carbocycles. The predicted octanol–water partition coefficient (Wildman–Crippen LogP) is 2.38. The van der Waals surface area contributed by atoms with Gasteiger partial charge in [0.15, 0.2) is 0 Å². The number of hydrogen-bond acceptors (Lipinski definition) is 4. The van der Waals surface area contributed by atoms with Gasteiger partial charge in [0.2, 0.25) is 10.0 Å². The smallest absolute Gasteiger partial charge is 0.320 e. The van der Waals surface area contributed by atoms with Gasteiger partial charge in [0.25, 0.3) is 0 Å². The van der Waals surface area contributed by atoms with Crippen LogP contribution in [0.2, 0.25) is 0 Å². The quantitative estimate of drug-likeness (QED) is 0.712. The van der Waals surface area contributed by atoms with Crippen molar-refractivity contribution in [2.24, 2.45) is 0 Å². The number of likely N-dealkylation sites (tertiary alicyclic amines) is 1. The van der Waals surface area contributed by atoms with Gasteiger partial charge in [-0.2, -0.15) is 4.31 Å². The topological polar surface area (TPSA) is 70.2 Å². The second-order valence-electron chi connectivity index (χ2n) is 8.22. The van der Waals surface area contributed by atoms with Gasteiger partial charge in [-0.1, -0.05) is 30.3 Å². The molecule has 7 nitrogen and oxygen atoms in total. The fraction of sp³-hybridized carbons (Fsp3) is 0.409. The molecule has 5 rings (SSSR count). The lowest BCUT2D eigenvalue weighted by atomic mass is 9.88. The number of carbonyl (C=O) groups excluding carboxylic acids is 1. The van der Waals surface area contributed by atoms with Crippen molar-refractivity contribution in [2.75, 3.05) is 39.4 Å². The molecule has 0 aliphatic carbocycles. The van der Waals surface area contributed by atoms with Crippen molar-refractivity contribution in [3.05, 3.63) is 65.5 Å². The number of rotatable bonds is 2. The van der Waals surface area contributed by atoms with Crippen LogP contribution in [-0.4, -0.2) is 67.9 Å². The van der Waals surface area contributed by atoms with Crippen molar-refractivity contribution in [2.45, 2.75) is 23.4 Å². The molecule has 0 saturated carbocycles. The Hall–Kier alpha value is -2.49. The maximum atomic E-state index is 13.5. The molecule has 3 aliphatic heterocycles. The zero-order valence-electron chi connectivity index (χ0n) is 17.0. The summed E-state index contributed by atoms with van der Waals surface area (Å²) in [6.45, 7) is 2.99. The third kappa shape index (κ3) is 3.31. The Balaban J connectivity index is 1.51. The fourth-order valence-corrected chi connectivity index (χ4v) is 6.94. The van der Waals surface area contributed by atoms with Crippen molar-refractivity contribution < 1.29 is 22.3 Å². The van der Waals surface area contributed by atoms with Crippen molar-refractivity contribution in [1.29, 1.82) is 0 Å². The molecule has 0 unspecified atom stereocenters. The van der Waals surface area contributed by atoms with Crippen LogP contribution < -0.4 is 0 Å². The molecule has 1 spiro atoms. The molecule has 1 atom stereocenters. The Bertz CT molecular complexity index is 1100. The van der Waals surface area contributed by atoms with Crippen LogP contribution in [0, 0.1) is 5.82 Å². The van der Waals surface area contributed by atoms with Crippen LogP contribution in [0.25, 0.3) is 0 Å². The average molecular weight is 446 g/mol. The lowest BCUT2D eigenvalue weighted by Crippen LogP contribution is -2.50. The normalized spacial score (nSPS) is 25.2. The fourth-order valence-electron chi connectivity index (χ4n) is 4.89. The van der Waals surface area contributed by atoms with E-state index in [-0.39, 0.29) is 23.3 Å². The third-order valence-electron chi connectivity index (χ3n) is 6.47. The average Bonchev–Trinajstić information content (AvgIpc) is 3.31. The number of morpholine rings is 1. The highest BCUT2D eigenvalue weighted by molar-refractivity contribution is 7.89. The van der Waals surface area contributed by atoms with E-state index in [2.05, 4.69) is 0 Å². The number of ether oxygens (including phenoxy) is 1. The zero-order chi connectivity index (χ0) is 21.6. The van der Waals surface area contributed by atoms with Gasteiger partial charge in [-0.3, -0.25) is 0 Å². The number of carbonyl (C=O) groups is 1. The van der Waals surface area contributed by atoms with E-state index in [1.54, 1.807) is 34.1 Å². The number of urea groups is 1. The molecule has 9 heteroatoms. The molecule has 0 radical (unpaired) electrons. The van der Waals surface area contributed by atoms with E-state index < -0.39 is 15.6 Å². The van der Waals surface area contributed by atoms with Crippen molar-refractivity contribution in [3.8, 4) is 0 Å². The van der Waals surface area contributed by atoms with E-state index in [1.165, 1.54) is 16.4 Å². The minimum atomic E-state index is -3.75. The maximum absolute atomic E-state index is 13.5. The SMILES string of the molecule is O=C(N1CCOCC1)N1CC[C@@]2(C1)c1ccccc1S(=O)(=O)N2Cc1ccc(F)cc1. The molecule has 0 N–H and O–H groups in total. The number of amides is 2. The molecule has 2 amide bonds. The summed E-state index contributed by atoms with van der Waals surface area (Å²) in [6, 6.07) is 12.8. The summed E-state index contributed by atoms with van der Waals surface area (Å²) in [4.78, 5) is 16.9. The van der Waals surface area contributed by atoms with Crippen LogP contribution in [0.3, 0.4) is 0 Å². The van der Waals surface area contributed by atoms with Crippen molar-refractivity contribution >= 4 is 16.1 Å². The first-order chi connectivity index (χ1) is 14.9. The summed E-state index contributed by atoms with van der Waals surface area (Å²) in [5, 5.41) is 0. The predicted molar refractivity (Wildman–Crippen MR) is 111 cm³/mol. The Labute approximate surface area is 181 Å². The molecule has 2 saturated heterocycles. The van der Waals surface area contributed by atoms with Gasteiger partial charge < -0.3 is 14.5 Å². The highest BCUT2D eigenvalue weighted by Gasteiger charge is 2.57. The van der Waals surface area contributed by atoms with E-state index in [4.69, 9.17) is 4.74 Å². The van der Waals surface area contributed by atoms with E-state index >= 15 is 0 Å². The molecule has 0 aromatic heterocycles. The Morgan fingerprint density at radius 2 is 1.71 bits per heavy atom. The number of sulfonamides is 1.